The number of ether oxygens (including phenoxy) is 1. The monoisotopic (exact) mass is 219 g/mol. The Kier molecular flexibility index (Phi) is 5.12. The second-order valence-electron chi connectivity index (χ2n) is 2.55. The van der Waals surface area contributed by atoms with E-state index in [9.17, 15) is 9.18 Å². The van der Waals surface area contributed by atoms with Gasteiger partial charge in [-0.1, -0.05) is 12.1 Å². The van der Waals surface area contributed by atoms with Crippen LogP contribution in [-0.4, -0.2) is 13.1 Å². The highest BCUT2D eigenvalue weighted by atomic mass is 35.5. The van der Waals surface area contributed by atoms with Crippen molar-refractivity contribution >= 4 is 18.4 Å². The standard InChI is InChI=1S/C9H10FNO2.ClH/c1-13-9(12)8(11)6-2-4-7(10)5-3-6;/h2-5,8H,11H2,1H3;1H/t8-;/m0./s1. The van der Waals surface area contributed by atoms with Crippen molar-refractivity contribution in [2.24, 2.45) is 5.73 Å². The molecule has 0 aliphatic rings. The molecule has 0 saturated carbocycles. The molecule has 0 aliphatic carbocycles. The van der Waals surface area contributed by atoms with Crippen LogP contribution in [-0.2, 0) is 9.53 Å². The van der Waals surface area contributed by atoms with E-state index in [0.717, 1.165) is 0 Å². The highest BCUT2D eigenvalue weighted by Gasteiger charge is 2.15. The number of esters is 1. The lowest BCUT2D eigenvalue weighted by atomic mass is 10.1. The fourth-order valence-corrected chi connectivity index (χ4v) is 0.933. The molecule has 0 heterocycles. The lowest BCUT2D eigenvalue weighted by Gasteiger charge is -2.08. The average Bonchev–Trinajstić information content (AvgIpc) is 2.17. The second-order valence-corrected chi connectivity index (χ2v) is 2.55. The molecule has 0 saturated heterocycles. The predicted octanol–water partition coefficient (Wildman–Crippen LogP) is 1.42. The van der Waals surface area contributed by atoms with Gasteiger partial charge in [0, 0.05) is 0 Å². The molecule has 0 fully saturated rings. The third-order valence-electron chi connectivity index (χ3n) is 1.68. The van der Waals surface area contributed by atoms with Crippen molar-refractivity contribution in [1.82, 2.24) is 0 Å². The summed E-state index contributed by atoms with van der Waals surface area (Å²) in [6.07, 6.45) is 0. The Bertz CT molecular complexity index is 302. The maximum atomic E-state index is 12.5. The molecule has 1 atom stereocenters. The van der Waals surface area contributed by atoms with Crippen LogP contribution in [0.3, 0.4) is 0 Å². The van der Waals surface area contributed by atoms with E-state index >= 15 is 0 Å². The van der Waals surface area contributed by atoms with E-state index in [1.165, 1.54) is 31.4 Å². The van der Waals surface area contributed by atoms with Gasteiger partial charge in [-0.3, -0.25) is 4.79 Å². The molecule has 14 heavy (non-hydrogen) atoms. The van der Waals surface area contributed by atoms with Gasteiger partial charge >= 0.3 is 5.97 Å². The van der Waals surface area contributed by atoms with Gasteiger partial charge in [-0.15, -0.1) is 12.4 Å². The van der Waals surface area contributed by atoms with Crippen molar-refractivity contribution in [2.45, 2.75) is 6.04 Å². The van der Waals surface area contributed by atoms with Crippen LogP contribution >= 0.6 is 12.4 Å². The smallest absolute Gasteiger partial charge is 0.327 e. The number of benzene rings is 1. The van der Waals surface area contributed by atoms with Gasteiger partial charge in [0.05, 0.1) is 7.11 Å². The van der Waals surface area contributed by atoms with Crippen molar-refractivity contribution < 1.29 is 13.9 Å². The Hall–Kier alpha value is -1.13. The first-order valence-electron chi connectivity index (χ1n) is 3.74. The van der Waals surface area contributed by atoms with E-state index < -0.39 is 12.0 Å². The SMILES string of the molecule is COC(=O)[C@@H](N)c1ccc(F)cc1.Cl. The fourth-order valence-electron chi connectivity index (χ4n) is 0.933. The lowest BCUT2D eigenvalue weighted by Crippen LogP contribution is -2.22. The lowest BCUT2D eigenvalue weighted by molar-refractivity contribution is -0.142. The zero-order valence-electron chi connectivity index (χ0n) is 7.57. The molecule has 5 heteroatoms. The summed E-state index contributed by atoms with van der Waals surface area (Å²) in [7, 11) is 1.26. The predicted molar refractivity (Wildman–Crippen MR) is 52.6 cm³/mol. The van der Waals surface area contributed by atoms with Gasteiger partial charge in [-0.25, -0.2) is 4.39 Å². The molecule has 2 N–H and O–H groups in total. The van der Waals surface area contributed by atoms with Gasteiger partial charge in [0.15, 0.2) is 0 Å². The van der Waals surface area contributed by atoms with Gasteiger partial charge in [-0.2, -0.15) is 0 Å². The first-order valence-corrected chi connectivity index (χ1v) is 3.74. The summed E-state index contributed by atoms with van der Waals surface area (Å²) in [5, 5.41) is 0. The fraction of sp³-hybridized carbons (Fsp3) is 0.222. The number of carbonyl (C=O) groups is 1. The Labute approximate surface area is 87.5 Å². The van der Waals surface area contributed by atoms with E-state index in [-0.39, 0.29) is 18.2 Å². The van der Waals surface area contributed by atoms with Crippen LogP contribution in [0.15, 0.2) is 24.3 Å². The zero-order valence-corrected chi connectivity index (χ0v) is 8.38. The molecule has 0 unspecified atom stereocenters. The molecule has 0 amide bonds. The molecule has 1 aromatic carbocycles. The normalized spacial score (nSPS) is 11.4. The van der Waals surface area contributed by atoms with Crippen LogP contribution in [0.1, 0.15) is 11.6 Å². The first kappa shape index (κ1) is 12.9. The summed E-state index contributed by atoms with van der Waals surface area (Å²) in [6, 6.07) is 4.56. The maximum Gasteiger partial charge on any atom is 0.327 e. The quantitative estimate of drug-likeness (QED) is 0.766. The van der Waals surface area contributed by atoms with Crippen LogP contribution in [0.5, 0.6) is 0 Å². The highest BCUT2D eigenvalue weighted by Crippen LogP contribution is 2.11. The number of halogens is 2. The summed E-state index contributed by atoms with van der Waals surface area (Å²) < 4.78 is 16.9. The van der Waals surface area contributed by atoms with Crippen LogP contribution in [0.2, 0.25) is 0 Å². The molecular weight excluding hydrogens is 209 g/mol. The summed E-state index contributed by atoms with van der Waals surface area (Å²) in [4.78, 5) is 11.0. The van der Waals surface area contributed by atoms with E-state index in [4.69, 9.17) is 5.73 Å². The van der Waals surface area contributed by atoms with Gasteiger partial charge in [0.2, 0.25) is 0 Å². The minimum absolute atomic E-state index is 0. The molecule has 1 aromatic rings. The molecule has 78 valence electrons. The number of carbonyl (C=O) groups excluding carboxylic acids is 1. The third-order valence-corrected chi connectivity index (χ3v) is 1.68. The van der Waals surface area contributed by atoms with Gasteiger partial charge in [0.1, 0.15) is 11.9 Å². The van der Waals surface area contributed by atoms with Crippen molar-refractivity contribution in [3.8, 4) is 0 Å². The number of hydrogen-bond donors (Lipinski definition) is 1. The van der Waals surface area contributed by atoms with E-state index in [1.807, 2.05) is 0 Å². The molecule has 0 spiro atoms. The van der Waals surface area contributed by atoms with Crippen molar-refractivity contribution in [3.63, 3.8) is 0 Å². The van der Waals surface area contributed by atoms with Crippen molar-refractivity contribution in [2.75, 3.05) is 7.11 Å². The minimum atomic E-state index is -0.842. The first-order chi connectivity index (χ1) is 6.15. The zero-order chi connectivity index (χ0) is 9.84. The minimum Gasteiger partial charge on any atom is -0.468 e. The molecule has 0 aliphatic heterocycles. The molecular formula is C9H11ClFNO2. The van der Waals surface area contributed by atoms with Gasteiger partial charge in [-0.05, 0) is 17.7 Å². The summed E-state index contributed by atoms with van der Waals surface area (Å²) in [6.45, 7) is 0. The largest absolute Gasteiger partial charge is 0.468 e. The number of nitrogens with two attached hydrogens (primary N) is 1. The number of rotatable bonds is 2. The summed E-state index contributed by atoms with van der Waals surface area (Å²) >= 11 is 0. The maximum absolute atomic E-state index is 12.5. The van der Waals surface area contributed by atoms with E-state index in [2.05, 4.69) is 4.74 Å². The summed E-state index contributed by atoms with van der Waals surface area (Å²) in [5.74, 6) is -0.896. The average molecular weight is 220 g/mol. The van der Waals surface area contributed by atoms with Crippen LogP contribution in [0.25, 0.3) is 0 Å². The Balaban J connectivity index is 0.00000169. The number of methoxy groups -OCH3 is 1. The Morgan fingerprint density at radius 2 is 1.93 bits per heavy atom. The molecule has 3 nitrogen and oxygen atoms in total. The number of hydrogen-bond acceptors (Lipinski definition) is 3. The Morgan fingerprint density at radius 3 is 2.36 bits per heavy atom. The van der Waals surface area contributed by atoms with E-state index in [0.29, 0.717) is 5.56 Å². The molecule has 0 aromatic heterocycles. The molecule has 0 radical (unpaired) electrons. The molecule has 1 rings (SSSR count). The van der Waals surface area contributed by atoms with Crippen molar-refractivity contribution in [3.05, 3.63) is 35.6 Å². The van der Waals surface area contributed by atoms with E-state index in [1.54, 1.807) is 0 Å². The Morgan fingerprint density at radius 1 is 1.43 bits per heavy atom. The van der Waals surface area contributed by atoms with Gasteiger partial charge in [0.25, 0.3) is 0 Å². The van der Waals surface area contributed by atoms with Crippen molar-refractivity contribution in [1.29, 1.82) is 0 Å². The summed E-state index contributed by atoms with van der Waals surface area (Å²) in [5.41, 5.74) is 6.04. The van der Waals surface area contributed by atoms with Gasteiger partial charge < -0.3 is 10.5 Å². The molecule has 0 bridgehead atoms. The third kappa shape index (κ3) is 2.97. The van der Waals surface area contributed by atoms with Crippen LogP contribution < -0.4 is 5.73 Å². The van der Waals surface area contributed by atoms with Crippen LogP contribution in [0, 0.1) is 5.82 Å². The van der Waals surface area contributed by atoms with Crippen LogP contribution in [0.4, 0.5) is 4.39 Å². The topological polar surface area (TPSA) is 52.3 Å². The second kappa shape index (κ2) is 5.57. The highest BCUT2D eigenvalue weighted by molar-refractivity contribution is 5.85.